The highest BCUT2D eigenvalue weighted by Crippen LogP contribution is 2.41. The summed E-state index contributed by atoms with van der Waals surface area (Å²) in [5.41, 5.74) is 9.77. The predicted octanol–water partition coefficient (Wildman–Crippen LogP) is 13.1. The molecule has 4 aromatic heterocycles. The molecule has 62 heavy (non-hydrogen) atoms. The van der Waals surface area contributed by atoms with E-state index in [4.69, 9.17) is 34.3 Å². The third-order valence-corrected chi connectivity index (χ3v) is 11.3. The molecule has 12 rings (SSSR count). The van der Waals surface area contributed by atoms with Crippen LogP contribution in [0.2, 0.25) is 0 Å². The Balaban J connectivity index is 1.06. The Bertz CT molecular complexity index is 3570. The Morgan fingerprint density at radius 2 is 0.790 bits per heavy atom. The van der Waals surface area contributed by atoms with Crippen LogP contribution in [0, 0.1) is 0 Å². The smallest absolute Gasteiger partial charge is 0.167 e. The highest BCUT2D eigenvalue weighted by Gasteiger charge is 2.22. The van der Waals surface area contributed by atoms with Crippen molar-refractivity contribution in [2.45, 2.75) is 0 Å². The number of aromatic nitrogens is 7. The van der Waals surface area contributed by atoms with Gasteiger partial charge in [-0.05, 0) is 36.4 Å². The predicted molar refractivity (Wildman–Crippen MR) is 247 cm³/mol. The van der Waals surface area contributed by atoms with Gasteiger partial charge in [-0.3, -0.25) is 0 Å². The standard InChI is InChI=1S/C54H33N7O/c1-5-17-34(18-6-1)49-55-50(35-19-7-2-8-20-35)58-53(57-49)42-27-16-30-46-47(42)41-26-15-28-43(48(41)62-46)54-59-51(36-21-9-3-10-22-36)56-52(60-54)37-31-32-40-39-25-13-14-29-44(39)61(45(40)33-37)38-23-11-4-12-24-38/h1-33H. The molecule has 8 nitrogen and oxygen atoms in total. The monoisotopic (exact) mass is 795 g/mol. The summed E-state index contributed by atoms with van der Waals surface area (Å²) in [7, 11) is 0. The van der Waals surface area contributed by atoms with Crippen molar-refractivity contribution in [3.8, 4) is 74.0 Å². The van der Waals surface area contributed by atoms with Crippen LogP contribution in [0.3, 0.4) is 0 Å². The van der Waals surface area contributed by atoms with Crippen LogP contribution in [0.15, 0.2) is 205 Å². The van der Waals surface area contributed by atoms with Gasteiger partial charge < -0.3 is 8.98 Å². The number of fused-ring (bicyclic) bond motifs is 6. The van der Waals surface area contributed by atoms with Gasteiger partial charge in [-0.2, -0.15) is 0 Å². The lowest BCUT2D eigenvalue weighted by Crippen LogP contribution is -2.01. The number of hydrogen-bond donors (Lipinski definition) is 0. The summed E-state index contributed by atoms with van der Waals surface area (Å²) in [5, 5.41) is 4.12. The molecule has 0 unspecified atom stereocenters. The van der Waals surface area contributed by atoms with Gasteiger partial charge >= 0.3 is 0 Å². The van der Waals surface area contributed by atoms with E-state index < -0.39 is 0 Å². The van der Waals surface area contributed by atoms with Crippen LogP contribution in [-0.4, -0.2) is 34.5 Å². The first-order valence-corrected chi connectivity index (χ1v) is 20.5. The maximum Gasteiger partial charge on any atom is 0.167 e. The second-order valence-electron chi connectivity index (χ2n) is 15.1. The van der Waals surface area contributed by atoms with E-state index in [0.29, 0.717) is 46.1 Å². The molecule has 8 aromatic carbocycles. The SMILES string of the molecule is c1ccc(-c2nc(-c3ccc4c5ccccc5n(-c5ccccc5)c4c3)nc(-c3cccc4c3oc3cccc(-c5nc(-c6ccccc6)nc(-c6ccccc6)n5)c34)n2)cc1. The lowest BCUT2D eigenvalue weighted by molar-refractivity contribution is 0.669. The molecule has 0 saturated heterocycles. The largest absolute Gasteiger partial charge is 0.455 e. The highest BCUT2D eigenvalue weighted by molar-refractivity contribution is 6.15. The molecule has 0 aliphatic carbocycles. The van der Waals surface area contributed by atoms with Gasteiger partial charge in [-0.15, -0.1) is 0 Å². The molecule has 0 aliphatic rings. The van der Waals surface area contributed by atoms with Crippen molar-refractivity contribution in [1.82, 2.24) is 34.5 Å². The van der Waals surface area contributed by atoms with Gasteiger partial charge in [-0.25, -0.2) is 29.9 Å². The van der Waals surface area contributed by atoms with Gasteiger partial charge in [-0.1, -0.05) is 164 Å². The van der Waals surface area contributed by atoms with Crippen molar-refractivity contribution < 1.29 is 4.42 Å². The number of para-hydroxylation sites is 3. The van der Waals surface area contributed by atoms with E-state index in [-0.39, 0.29) is 0 Å². The number of benzene rings is 8. The zero-order valence-corrected chi connectivity index (χ0v) is 33.1. The lowest BCUT2D eigenvalue weighted by Gasteiger charge is -2.10. The summed E-state index contributed by atoms with van der Waals surface area (Å²) in [6, 6.07) is 67.6. The summed E-state index contributed by atoms with van der Waals surface area (Å²) in [6.45, 7) is 0. The zero-order chi connectivity index (χ0) is 41.0. The van der Waals surface area contributed by atoms with Crippen LogP contribution in [0.5, 0.6) is 0 Å². The third kappa shape index (κ3) is 6.00. The molecule has 0 amide bonds. The molecule has 8 heteroatoms. The average Bonchev–Trinajstić information content (AvgIpc) is 3.91. The molecule has 290 valence electrons. The van der Waals surface area contributed by atoms with Crippen molar-refractivity contribution in [2.24, 2.45) is 0 Å². The fourth-order valence-corrected chi connectivity index (χ4v) is 8.45. The Morgan fingerprint density at radius 1 is 0.323 bits per heavy atom. The first kappa shape index (κ1) is 35.3. The molecular formula is C54H33N7O. The van der Waals surface area contributed by atoms with Gasteiger partial charge in [0, 0.05) is 55.0 Å². The van der Waals surface area contributed by atoms with Crippen molar-refractivity contribution in [3.63, 3.8) is 0 Å². The highest BCUT2D eigenvalue weighted by atomic mass is 16.3. The summed E-state index contributed by atoms with van der Waals surface area (Å²) >= 11 is 0. The maximum atomic E-state index is 6.80. The molecule has 0 bridgehead atoms. The Labute approximate surface area is 355 Å². The van der Waals surface area contributed by atoms with Gasteiger partial charge in [0.25, 0.3) is 0 Å². The maximum absolute atomic E-state index is 6.80. The summed E-state index contributed by atoms with van der Waals surface area (Å²) in [4.78, 5) is 30.5. The molecule has 0 aliphatic heterocycles. The van der Waals surface area contributed by atoms with Gasteiger partial charge in [0.15, 0.2) is 34.9 Å². The van der Waals surface area contributed by atoms with E-state index in [1.165, 1.54) is 5.39 Å². The van der Waals surface area contributed by atoms with Crippen LogP contribution in [0.25, 0.3) is 118 Å². The number of hydrogen-bond acceptors (Lipinski definition) is 7. The van der Waals surface area contributed by atoms with Gasteiger partial charge in [0.05, 0.1) is 16.6 Å². The Hall–Kier alpha value is -8.62. The topological polar surface area (TPSA) is 95.4 Å². The Kier molecular flexibility index (Phi) is 8.31. The number of nitrogens with zero attached hydrogens (tertiary/aromatic N) is 7. The summed E-state index contributed by atoms with van der Waals surface area (Å²) in [6.07, 6.45) is 0. The fraction of sp³-hybridized carbons (Fsp3) is 0. The summed E-state index contributed by atoms with van der Waals surface area (Å²) < 4.78 is 9.11. The van der Waals surface area contributed by atoms with Gasteiger partial charge in [0.1, 0.15) is 11.2 Å². The zero-order valence-electron chi connectivity index (χ0n) is 33.1. The third-order valence-electron chi connectivity index (χ3n) is 11.3. The van der Waals surface area contributed by atoms with Crippen molar-refractivity contribution in [3.05, 3.63) is 200 Å². The summed E-state index contributed by atoms with van der Waals surface area (Å²) in [5.74, 6) is 3.36. The molecule has 0 atom stereocenters. The van der Waals surface area contributed by atoms with Crippen molar-refractivity contribution >= 4 is 43.7 Å². The molecule has 0 fully saturated rings. The normalized spacial score (nSPS) is 11.5. The first-order chi connectivity index (χ1) is 30.7. The van der Waals surface area contributed by atoms with E-state index in [0.717, 1.165) is 66.3 Å². The van der Waals surface area contributed by atoms with Crippen LogP contribution in [-0.2, 0) is 0 Å². The average molecular weight is 796 g/mol. The fourth-order valence-electron chi connectivity index (χ4n) is 8.45. The second kappa shape index (κ2) is 14.6. The van der Waals surface area contributed by atoms with Crippen LogP contribution < -0.4 is 0 Å². The van der Waals surface area contributed by atoms with Gasteiger partial charge in [0.2, 0.25) is 0 Å². The minimum atomic E-state index is 0.502. The molecule has 4 heterocycles. The number of rotatable bonds is 7. The lowest BCUT2D eigenvalue weighted by atomic mass is 10.0. The van der Waals surface area contributed by atoms with E-state index in [9.17, 15) is 0 Å². The van der Waals surface area contributed by atoms with E-state index in [2.05, 4.69) is 77.4 Å². The van der Waals surface area contributed by atoms with Crippen LogP contribution >= 0.6 is 0 Å². The molecular weight excluding hydrogens is 763 g/mol. The van der Waals surface area contributed by atoms with Crippen molar-refractivity contribution in [2.75, 3.05) is 0 Å². The Morgan fingerprint density at radius 3 is 1.42 bits per heavy atom. The van der Waals surface area contributed by atoms with E-state index in [1.807, 2.05) is 127 Å². The van der Waals surface area contributed by atoms with Crippen molar-refractivity contribution in [1.29, 1.82) is 0 Å². The van der Waals surface area contributed by atoms with E-state index in [1.54, 1.807) is 0 Å². The number of furan rings is 1. The second-order valence-corrected chi connectivity index (χ2v) is 15.1. The minimum absolute atomic E-state index is 0.502. The molecule has 0 radical (unpaired) electrons. The van der Waals surface area contributed by atoms with Crippen LogP contribution in [0.1, 0.15) is 0 Å². The molecule has 0 N–H and O–H groups in total. The first-order valence-electron chi connectivity index (χ1n) is 20.5. The quantitative estimate of drug-likeness (QED) is 0.158. The van der Waals surface area contributed by atoms with E-state index >= 15 is 0 Å². The van der Waals surface area contributed by atoms with Crippen LogP contribution in [0.4, 0.5) is 0 Å². The molecule has 0 saturated carbocycles. The molecule has 12 aromatic rings. The molecule has 0 spiro atoms. The minimum Gasteiger partial charge on any atom is -0.455 e.